The number of nitrogens with zero attached hydrogens (tertiary/aromatic N) is 1. The number of carbonyl (C=O) groups excluding carboxylic acids is 1. The van der Waals surface area contributed by atoms with E-state index < -0.39 is 10.0 Å². The number of hydrogen-bond acceptors (Lipinski definition) is 4. The van der Waals surface area contributed by atoms with Crippen LogP contribution in [-0.4, -0.2) is 34.2 Å². The van der Waals surface area contributed by atoms with E-state index in [2.05, 4.69) is 5.32 Å². The summed E-state index contributed by atoms with van der Waals surface area (Å²) >= 11 is 0. The molecule has 0 saturated carbocycles. The van der Waals surface area contributed by atoms with Gasteiger partial charge in [-0.1, -0.05) is 18.2 Å². The van der Waals surface area contributed by atoms with Gasteiger partial charge in [0.15, 0.2) is 0 Å². The molecule has 2 aromatic rings. The molecule has 0 aliphatic heterocycles. The van der Waals surface area contributed by atoms with Crippen LogP contribution in [0, 0.1) is 0 Å². The van der Waals surface area contributed by atoms with Gasteiger partial charge in [-0.2, -0.15) is 0 Å². The highest BCUT2D eigenvalue weighted by atomic mass is 32.2. The lowest BCUT2D eigenvalue weighted by Gasteiger charge is -2.19. The smallest absolute Gasteiger partial charge is 0.255 e. The lowest BCUT2D eigenvalue weighted by molar-refractivity contribution is 0.102. The van der Waals surface area contributed by atoms with Crippen molar-refractivity contribution >= 4 is 27.3 Å². The van der Waals surface area contributed by atoms with Crippen LogP contribution >= 0.6 is 0 Å². The van der Waals surface area contributed by atoms with E-state index in [-0.39, 0.29) is 11.7 Å². The maximum atomic E-state index is 12.4. The van der Waals surface area contributed by atoms with E-state index >= 15 is 0 Å². The van der Waals surface area contributed by atoms with Gasteiger partial charge in [0.25, 0.3) is 5.91 Å². The molecule has 6 nitrogen and oxygen atoms in total. The zero-order valence-corrected chi connectivity index (χ0v) is 14.6. The monoisotopic (exact) mass is 348 g/mol. The summed E-state index contributed by atoms with van der Waals surface area (Å²) < 4.78 is 30.3. The molecule has 0 unspecified atom stereocenters. The molecule has 0 fully saturated rings. The van der Waals surface area contributed by atoms with Gasteiger partial charge in [-0.15, -0.1) is 0 Å². The number of rotatable bonds is 6. The van der Waals surface area contributed by atoms with Gasteiger partial charge in [-0.3, -0.25) is 9.10 Å². The number of ether oxygens (including phenoxy) is 1. The van der Waals surface area contributed by atoms with Gasteiger partial charge in [0.1, 0.15) is 5.75 Å². The summed E-state index contributed by atoms with van der Waals surface area (Å²) in [5.41, 5.74) is 1.34. The van der Waals surface area contributed by atoms with Crippen LogP contribution < -0.4 is 14.4 Å². The lowest BCUT2D eigenvalue weighted by Crippen LogP contribution is -2.28. The second-order valence-corrected chi connectivity index (χ2v) is 7.36. The van der Waals surface area contributed by atoms with Crippen LogP contribution in [-0.2, 0) is 10.0 Å². The van der Waals surface area contributed by atoms with Crippen LogP contribution in [0.2, 0.25) is 0 Å². The first-order valence-electron chi connectivity index (χ1n) is 7.40. The molecule has 0 aromatic heterocycles. The van der Waals surface area contributed by atoms with Crippen molar-refractivity contribution in [3.05, 3.63) is 54.1 Å². The number of anilines is 2. The predicted molar refractivity (Wildman–Crippen MR) is 95.3 cm³/mol. The Hall–Kier alpha value is -2.54. The summed E-state index contributed by atoms with van der Waals surface area (Å²) in [5, 5.41) is 2.76. The average molecular weight is 348 g/mol. The van der Waals surface area contributed by atoms with Crippen LogP contribution in [0.25, 0.3) is 0 Å². The Morgan fingerprint density at radius 1 is 1.17 bits per heavy atom. The van der Waals surface area contributed by atoms with Gasteiger partial charge in [-0.05, 0) is 37.3 Å². The molecule has 1 N–H and O–H groups in total. The summed E-state index contributed by atoms with van der Waals surface area (Å²) in [4.78, 5) is 12.4. The SMILES string of the molecule is CCS(=O)(=O)N(C)c1cccc(C(=O)Nc2ccccc2OC)c1. The Morgan fingerprint density at radius 3 is 2.54 bits per heavy atom. The van der Waals surface area contributed by atoms with E-state index in [1.807, 2.05) is 0 Å². The highest BCUT2D eigenvalue weighted by Gasteiger charge is 2.17. The standard InChI is InChI=1S/C17H20N2O4S/c1-4-24(21,22)19(2)14-9-7-8-13(12-14)17(20)18-15-10-5-6-11-16(15)23-3/h5-12H,4H2,1-3H3,(H,18,20). The van der Waals surface area contributed by atoms with E-state index in [0.717, 1.165) is 0 Å². The molecule has 24 heavy (non-hydrogen) atoms. The van der Waals surface area contributed by atoms with Crippen LogP contribution in [0.4, 0.5) is 11.4 Å². The molecular weight excluding hydrogens is 328 g/mol. The van der Waals surface area contributed by atoms with Gasteiger partial charge in [0.2, 0.25) is 10.0 Å². The van der Waals surface area contributed by atoms with Crippen molar-refractivity contribution in [1.82, 2.24) is 0 Å². The first-order valence-corrected chi connectivity index (χ1v) is 9.01. The topological polar surface area (TPSA) is 75.7 Å². The fourth-order valence-corrected chi connectivity index (χ4v) is 2.96. The van der Waals surface area contributed by atoms with Crippen molar-refractivity contribution < 1.29 is 17.9 Å². The molecule has 0 aliphatic rings. The van der Waals surface area contributed by atoms with Crippen molar-refractivity contribution in [3.8, 4) is 5.75 Å². The zero-order valence-electron chi connectivity index (χ0n) is 13.8. The summed E-state index contributed by atoms with van der Waals surface area (Å²) in [7, 11) is -0.389. The van der Waals surface area contributed by atoms with Crippen molar-refractivity contribution in [3.63, 3.8) is 0 Å². The normalized spacial score (nSPS) is 11.0. The minimum atomic E-state index is -3.38. The van der Waals surface area contributed by atoms with Crippen molar-refractivity contribution in [1.29, 1.82) is 0 Å². The van der Waals surface area contributed by atoms with Gasteiger partial charge < -0.3 is 10.1 Å². The molecule has 0 saturated heterocycles. The molecule has 0 aliphatic carbocycles. The van der Waals surface area contributed by atoms with E-state index in [9.17, 15) is 13.2 Å². The summed E-state index contributed by atoms with van der Waals surface area (Å²) in [6.45, 7) is 1.57. The second kappa shape index (κ2) is 7.35. The molecule has 0 heterocycles. The Morgan fingerprint density at radius 2 is 1.88 bits per heavy atom. The maximum absolute atomic E-state index is 12.4. The van der Waals surface area contributed by atoms with Crippen molar-refractivity contribution in [2.24, 2.45) is 0 Å². The van der Waals surface area contributed by atoms with E-state index in [1.165, 1.54) is 24.5 Å². The molecule has 0 atom stereocenters. The van der Waals surface area contributed by atoms with E-state index in [1.54, 1.807) is 49.4 Å². The van der Waals surface area contributed by atoms with E-state index in [4.69, 9.17) is 4.74 Å². The first kappa shape index (κ1) is 17.8. The minimum absolute atomic E-state index is 0.0128. The number of carbonyl (C=O) groups is 1. The third-order valence-corrected chi connectivity index (χ3v) is 5.38. The average Bonchev–Trinajstić information content (AvgIpc) is 2.61. The number of methoxy groups -OCH3 is 1. The Balaban J connectivity index is 2.27. The fourth-order valence-electron chi connectivity index (χ4n) is 2.14. The Bertz CT molecular complexity index is 834. The van der Waals surface area contributed by atoms with Crippen LogP contribution in [0.3, 0.4) is 0 Å². The molecule has 128 valence electrons. The molecule has 2 aromatic carbocycles. The number of para-hydroxylation sites is 2. The van der Waals surface area contributed by atoms with Crippen molar-refractivity contribution in [2.45, 2.75) is 6.92 Å². The maximum Gasteiger partial charge on any atom is 0.255 e. The zero-order chi connectivity index (χ0) is 17.7. The highest BCUT2D eigenvalue weighted by molar-refractivity contribution is 7.92. The molecule has 0 spiro atoms. The van der Waals surface area contributed by atoms with Crippen LogP contribution in [0.5, 0.6) is 5.75 Å². The third-order valence-electron chi connectivity index (χ3n) is 3.61. The number of hydrogen-bond donors (Lipinski definition) is 1. The van der Waals surface area contributed by atoms with E-state index in [0.29, 0.717) is 22.7 Å². The van der Waals surface area contributed by atoms with Gasteiger partial charge in [0.05, 0.1) is 24.2 Å². The largest absolute Gasteiger partial charge is 0.495 e. The highest BCUT2D eigenvalue weighted by Crippen LogP contribution is 2.24. The lowest BCUT2D eigenvalue weighted by atomic mass is 10.2. The summed E-state index contributed by atoms with van der Waals surface area (Å²) in [6, 6.07) is 13.5. The predicted octanol–water partition coefficient (Wildman–Crippen LogP) is 2.73. The van der Waals surface area contributed by atoms with Gasteiger partial charge >= 0.3 is 0 Å². The molecule has 0 radical (unpaired) electrons. The number of amides is 1. The molecule has 2 rings (SSSR count). The quantitative estimate of drug-likeness (QED) is 0.871. The molecule has 7 heteroatoms. The van der Waals surface area contributed by atoms with Gasteiger partial charge in [-0.25, -0.2) is 8.42 Å². The summed E-state index contributed by atoms with van der Waals surface area (Å²) in [6.07, 6.45) is 0. The Kier molecular flexibility index (Phi) is 5.46. The summed E-state index contributed by atoms with van der Waals surface area (Å²) in [5.74, 6) is 0.192. The molecular formula is C17H20N2O4S. The van der Waals surface area contributed by atoms with Crippen LogP contribution in [0.1, 0.15) is 17.3 Å². The second-order valence-electron chi connectivity index (χ2n) is 5.07. The minimum Gasteiger partial charge on any atom is -0.495 e. The third kappa shape index (κ3) is 3.86. The number of benzene rings is 2. The molecule has 0 bridgehead atoms. The number of nitrogens with one attached hydrogen (secondary N) is 1. The van der Waals surface area contributed by atoms with Gasteiger partial charge in [0, 0.05) is 12.6 Å². The van der Waals surface area contributed by atoms with Crippen LogP contribution in [0.15, 0.2) is 48.5 Å². The fraction of sp³-hybridized carbons (Fsp3) is 0.235. The molecule has 1 amide bonds. The Labute approximate surface area is 142 Å². The first-order chi connectivity index (χ1) is 11.4. The number of sulfonamides is 1. The van der Waals surface area contributed by atoms with Crippen molar-refractivity contribution in [2.75, 3.05) is 29.5 Å².